The molecule has 15 rings (SSSR count). The number of fused-ring (bicyclic) bond motifs is 15. The van der Waals surface area contributed by atoms with E-state index in [-0.39, 0.29) is 0 Å². The van der Waals surface area contributed by atoms with Crippen LogP contribution in [0.4, 0.5) is 17.1 Å². The molecule has 0 amide bonds. The first kappa shape index (κ1) is 39.6. The number of anilines is 3. The van der Waals surface area contributed by atoms with Gasteiger partial charge in [-0.2, -0.15) is 0 Å². The van der Waals surface area contributed by atoms with Crippen LogP contribution in [0, 0.1) is 0 Å². The topological polar surface area (TPSA) is 39.8 Å². The van der Waals surface area contributed by atoms with Crippen molar-refractivity contribution in [1.82, 2.24) is 4.57 Å². The predicted molar refractivity (Wildman–Crippen MR) is 284 cm³/mol. The Hall–Kier alpha value is -8.42. The molecule has 0 saturated carbocycles. The van der Waals surface area contributed by atoms with Gasteiger partial charge in [0, 0.05) is 72.4 Å². The van der Waals surface area contributed by atoms with Crippen LogP contribution < -0.4 is 14.4 Å². The van der Waals surface area contributed by atoms with E-state index in [1.165, 1.54) is 22.3 Å². The molecule has 10 aromatic carbocycles. The molecular weight excluding hydrogens is 900 g/mol. The number of ether oxygens (including phenoxy) is 2. The largest absolute Gasteiger partial charge is 0.457 e. The summed E-state index contributed by atoms with van der Waals surface area (Å²) in [7, 11) is 0. The Morgan fingerprint density at radius 1 is 0.457 bits per heavy atom. The van der Waals surface area contributed by atoms with Gasteiger partial charge in [-0.1, -0.05) is 139 Å². The zero-order valence-corrected chi connectivity index (χ0v) is 38.8. The molecule has 2 aliphatic heterocycles. The number of hydrogen-bond donors (Lipinski definition) is 0. The minimum atomic E-state index is -0.735. The summed E-state index contributed by atoms with van der Waals surface area (Å²) in [4.78, 5) is 4.51. The Kier molecular flexibility index (Phi) is 8.50. The first-order chi connectivity index (χ1) is 34.6. The van der Waals surface area contributed by atoms with Gasteiger partial charge in [0.2, 0.25) is 0 Å². The maximum absolute atomic E-state index is 6.99. The minimum absolute atomic E-state index is 0.655. The molecule has 0 bridgehead atoms. The first-order valence-corrected chi connectivity index (χ1v) is 24.6. The van der Waals surface area contributed by atoms with Crippen LogP contribution in [0.15, 0.2) is 239 Å². The van der Waals surface area contributed by atoms with Crippen LogP contribution in [-0.4, -0.2) is 4.57 Å². The number of rotatable bonds is 5. The number of halogens is 1. The summed E-state index contributed by atoms with van der Waals surface area (Å²) >= 11 is 8.72. The average molecular weight is 938 g/mol. The normalized spacial score (nSPS) is 13.5. The van der Waals surface area contributed by atoms with Gasteiger partial charge in [-0.15, -0.1) is 0 Å². The summed E-state index contributed by atoms with van der Waals surface area (Å²) in [6.07, 6.45) is 2.16. The molecule has 1 aliphatic carbocycles. The van der Waals surface area contributed by atoms with Crippen molar-refractivity contribution in [2.75, 3.05) is 4.90 Å². The lowest BCUT2D eigenvalue weighted by atomic mass is 9.66. The lowest BCUT2D eigenvalue weighted by Crippen LogP contribution is -2.32. The SMILES string of the molecule is Clc1ccc2c(c1)C1(c3cc(N(c4cc(-c5cccc6c5Sc5ccccc5O6)c5oc6ccccc6c5c4)c4ccc5ccn(-c6ccccc6)c5c4)ccc3O2)c2ccccc2-c2ccccc21. The van der Waals surface area contributed by atoms with Gasteiger partial charge in [0.1, 0.15) is 34.2 Å². The molecule has 0 radical (unpaired) electrons. The molecule has 4 heterocycles. The van der Waals surface area contributed by atoms with E-state index in [9.17, 15) is 0 Å². The van der Waals surface area contributed by atoms with Gasteiger partial charge in [-0.3, -0.25) is 0 Å². The van der Waals surface area contributed by atoms with Gasteiger partial charge in [0.15, 0.2) is 0 Å². The highest BCUT2D eigenvalue weighted by Gasteiger charge is 2.51. The Morgan fingerprint density at radius 3 is 1.99 bits per heavy atom. The fraction of sp³-hybridized carbons (Fsp3) is 0.0159. The van der Waals surface area contributed by atoms with E-state index in [1.54, 1.807) is 11.8 Å². The van der Waals surface area contributed by atoms with Gasteiger partial charge < -0.3 is 23.4 Å². The Balaban J connectivity index is 1.02. The van der Waals surface area contributed by atoms with E-state index < -0.39 is 5.41 Å². The Labute approximate surface area is 412 Å². The van der Waals surface area contributed by atoms with Gasteiger partial charge in [-0.05, 0) is 125 Å². The van der Waals surface area contributed by atoms with Gasteiger partial charge >= 0.3 is 0 Å². The maximum atomic E-state index is 6.99. The van der Waals surface area contributed by atoms with Crippen LogP contribution in [0.3, 0.4) is 0 Å². The fourth-order valence-corrected chi connectivity index (χ4v) is 12.7. The zero-order valence-electron chi connectivity index (χ0n) is 37.3. The van der Waals surface area contributed by atoms with Crippen molar-refractivity contribution >= 4 is 73.3 Å². The molecule has 12 aromatic rings. The van der Waals surface area contributed by atoms with Crippen molar-refractivity contribution < 1.29 is 13.9 Å². The number of hydrogen-bond acceptors (Lipinski definition) is 5. The molecule has 0 N–H and O–H groups in total. The lowest BCUT2D eigenvalue weighted by molar-refractivity contribution is 0.436. The highest BCUT2D eigenvalue weighted by atomic mass is 35.5. The monoisotopic (exact) mass is 936 g/mol. The smallest absolute Gasteiger partial charge is 0.143 e. The van der Waals surface area contributed by atoms with E-state index in [0.717, 1.165) is 111 Å². The van der Waals surface area contributed by atoms with Crippen LogP contribution in [-0.2, 0) is 5.41 Å². The molecule has 70 heavy (non-hydrogen) atoms. The van der Waals surface area contributed by atoms with Crippen LogP contribution in [0.25, 0.3) is 60.8 Å². The predicted octanol–water partition coefficient (Wildman–Crippen LogP) is 18.0. The van der Waals surface area contributed by atoms with Gasteiger partial charge in [0.25, 0.3) is 0 Å². The molecule has 3 aliphatic rings. The molecule has 1 spiro atoms. The van der Waals surface area contributed by atoms with Crippen LogP contribution in [0.1, 0.15) is 22.3 Å². The van der Waals surface area contributed by atoms with Gasteiger partial charge in [-0.25, -0.2) is 0 Å². The van der Waals surface area contributed by atoms with Crippen LogP contribution in [0.5, 0.6) is 23.0 Å². The molecule has 0 unspecified atom stereocenters. The van der Waals surface area contributed by atoms with Crippen molar-refractivity contribution in [3.05, 3.63) is 252 Å². The summed E-state index contributed by atoms with van der Waals surface area (Å²) in [5.74, 6) is 3.26. The zero-order chi connectivity index (χ0) is 46.1. The Bertz CT molecular complexity index is 4110. The van der Waals surface area contributed by atoms with Crippen molar-refractivity contribution in [2.24, 2.45) is 0 Å². The van der Waals surface area contributed by atoms with Crippen molar-refractivity contribution in [3.8, 4) is 50.9 Å². The van der Waals surface area contributed by atoms with Crippen molar-refractivity contribution in [2.45, 2.75) is 15.2 Å². The second-order valence-electron chi connectivity index (χ2n) is 18.1. The number of furan rings is 1. The molecule has 2 aromatic heterocycles. The quantitative estimate of drug-likeness (QED) is 0.172. The third-order valence-electron chi connectivity index (χ3n) is 14.4. The number of nitrogens with zero attached hydrogens (tertiary/aromatic N) is 2. The molecule has 0 atom stereocenters. The summed E-state index contributed by atoms with van der Waals surface area (Å²) < 4.78 is 22.7. The van der Waals surface area contributed by atoms with E-state index in [4.69, 9.17) is 25.5 Å². The molecule has 330 valence electrons. The Morgan fingerprint density at radius 2 is 1.13 bits per heavy atom. The number of aromatic nitrogens is 1. The summed E-state index contributed by atoms with van der Waals surface area (Å²) in [5.41, 5.74) is 14.8. The first-order valence-electron chi connectivity index (χ1n) is 23.4. The molecular formula is C63H37ClN2O3S. The number of benzene rings is 10. The number of para-hydroxylation sites is 3. The molecule has 0 saturated heterocycles. The van der Waals surface area contributed by atoms with E-state index in [0.29, 0.717) is 5.02 Å². The van der Waals surface area contributed by atoms with Crippen molar-refractivity contribution in [3.63, 3.8) is 0 Å². The summed E-state index contributed by atoms with van der Waals surface area (Å²) in [6.45, 7) is 0. The summed E-state index contributed by atoms with van der Waals surface area (Å²) in [6, 6.07) is 77.3. The molecule has 0 fully saturated rings. The fourth-order valence-electron chi connectivity index (χ4n) is 11.4. The second kappa shape index (κ2) is 15.0. The van der Waals surface area contributed by atoms with Gasteiger partial charge in [0.05, 0.1) is 20.7 Å². The molecule has 7 heteroatoms. The minimum Gasteiger partial charge on any atom is -0.457 e. The van der Waals surface area contributed by atoms with Crippen LogP contribution >= 0.6 is 23.4 Å². The average Bonchev–Trinajstić information content (AvgIpc) is 4.10. The van der Waals surface area contributed by atoms with Crippen molar-refractivity contribution in [1.29, 1.82) is 0 Å². The standard InChI is InChI=1S/C63H37ClN2O3S/c64-39-26-29-56-52(33-39)63(50-19-7-4-15-44(50)45-16-5-8-20-51(45)63)53-36-41(28-30-57(53)67-56)66(42-27-25-38-31-32-65(54(38)37-42)40-13-2-1-3-14-40)43-34-48-46-17-6-9-21-55(46)69-61(48)49(35-43)47-18-12-23-59-62(47)70-60-24-11-10-22-58(60)68-59/h1-37H. The summed E-state index contributed by atoms with van der Waals surface area (Å²) in [5, 5.41) is 3.85. The van der Waals surface area contributed by atoms with Crippen LogP contribution in [0.2, 0.25) is 5.02 Å². The van der Waals surface area contributed by atoms with E-state index in [1.807, 2.05) is 30.3 Å². The van der Waals surface area contributed by atoms with E-state index >= 15 is 0 Å². The highest BCUT2D eigenvalue weighted by Crippen LogP contribution is 2.63. The molecule has 5 nitrogen and oxygen atoms in total. The third kappa shape index (κ3) is 5.69. The van der Waals surface area contributed by atoms with E-state index in [2.05, 4.69) is 204 Å². The highest BCUT2D eigenvalue weighted by molar-refractivity contribution is 7.99. The maximum Gasteiger partial charge on any atom is 0.143 e. The lowest BCUT2D eigenvalue weighted by Gasteiger charge is -2.40. The second-order valence-corrected chi connectivity index (χ2v) is 19.6. The third-order valence-corrected chi connectivity index (χ3v) is 15.8.